The van der Waals surface area contributed by atoms with Crippen molar-refractivity contribution in [2.75, 3.05) is 0 Å². The molecule has 0 saturated carbocycles. The Morgan fingerprint density at radius 1 is 0.298 bits per heavy atom. The summed E-state index contributed by atoms with van der Waals surface area (Å²) in [5.41, 5.74) is 9.07. The van der Waals surface area contributed by atoms with Crippen LogP contribution in [0.3, 0.4) is 0 Å². The molecule has 1 heteroatoms. The van der Waals surface area contributed by atoms with E-state index in [4.69, 9.17) is 4.42 Å². The molecule has 0 spiro atoms. The molecule has 0 saturated heterocycles. The molecule has 1 heterocycles. The Kier molecular flexibility index (Phi) is 5.64. The Morgan fingerprint density at radius 2 is 0.851 bits per heavy atom. The minimum Gasteiger partial charge on any atom is -0.455 e. The van der Waals surface area contributed by atoms with Crippen molar-refractivity contribution >= 4 is 65.0 Å². The fourth-order valence-corrected chi connectivity index (χ4v) is 7.69. The van der Waals surface area contributed by atoms with E-state index < -0.39 is 0 Å². The summed E-state index contributed by atoms with van der Waals surface area (Å²) in [5, 5.41) is 12.2. The van der Waals surface area contributed by atoms with Crippen molar-refractivity contribution in [3.05, 3.63) is 170 Å². The molecule has 1 aromatic heterocycles. The van der Waals surface area contributed by atoms with Gasteiger partial charge in [-0.1, -0.05) is 152 Å². The zero-order chi connectivity index (χ0) is 30.9. The van der Waals surface area contributed by atoms with Gasteiger partial charge >= 0.3 is 0 Å². The van der Waals surface area contributed by atoms with Gasteiger partial charge in [0.1, 0.15) is 11.2 Å². The lowest BCUT2D eigenvalue weighted by molar-refractivity contribution is 0.670. The molecule has 0 fully saturated rings. The first-order valence-electron chi connectivity index (χ1n) is 16.2. The molecule has 47 heavy (non-hydrogen) atoms. The zero-order valence-corrected chi connectivity index (χ0v) is 25.6. The highest BCUT2D eigenvalue weighted by molar-refractivity contribution is 6.26. The van der Waals surface area contributed by atoms with Crippen molar-refractivity contribution in [1.29, 1.82) is 0 Å². The van der Waals surface area contributed by atoms with Gasteiger partial charge in [0.2, 0.25) is 0 Å². The highest BCUT2D eigenvalue weighted by Gasteiger charge is 2.21. The SMILES string of the molecule is c1ccc2cc(-c3ccc4c(-c5cccc6c5oc5ccccc56)c5ccccc5c(-c5cccc6ccccc56)c4c3)ccc2c1. The molecule has 1 nitrogen and oxygen atoms in total. The lowest BCUT2D eigenvalue weighted by Crippen LogP contribution is -1.93. The van der Waals surface area contributed by atoms with Gasteiger partial charge in [0.05, 0.1) is 0 Å². The third kappa shape index (κ3) is 3.97. The average molecular weight is 597 g/mol. The molecule has 9 aromatic carbocycles. The van der Waals surface area contributed by atoms with E-state index in [2.05, 4.69) is 164 Å². The maximum atomic E-state index is 6.64. The molecule has 0 bridgehead atoms. The van der Waals surface area contributed by atoms with Gasteiger partial charge in [-0.05, 0) is 83.5 Å². The van der Waals surface area contributed by atoms with E-state index in [0.717, 1.165) is 27.5 Å². The van der Waals surface area contributed by atoms with Gasteiger partial charge in [0, 0.05) is 21.9 Å². The summed E-state index contributed by atoms with van der Waals surface area (Å²) in [7, 11) is 0. The van der Waals surface area contributed by atoms with Gasteiger partial charge < -0.3 is 4.42 Å². The Balaban J connectivity index is 1.37. The van der Waals surface area contributed by atoms with Crippen LogP contribution in [0.15, 0.2) is 174 Å². The van der Waals surface area contributed by atoms with Crippen molar-refractivity contribution in [1.82, 2.24) is 0 Å². The fourth-order valence-electron chi connectivity index (χ4n) is 7.69. The second-order valence-electron chi connectivity index (χ2n) is 12.4. The molecule has 0 atom stereocenters. The molecule has 0 N–H and O–H groups in total. The maximum absolute atomic E-state index is 6.64. The molecule has 0 radical (unpaired) electrons. The number of hydrogen-bond acceptors (Lipinski definition) is 1. The molecule has 0 aliphatic carbocycles. The quantitative estimate of drug-likeness (QED) is 0.185. The van der Waals surface area contributed by atoms with E-state index in [1.54, 1.807) is 0 Å². The predicted molar refractivity (Wildman–Crippen MR) is 200 cm³/mol. The number of fused-ring (bicyclic) bond motifs is 7. The van der Waals surface area contributed by atoms with Crippen molar-refractivity contribution in [2.24, 2.45) is 0 Å². The van der Waals surface area contributed by atoms with Crippen LogP contribution < -0.4 is 0 Å². The van der Waals surface area contributed by atoms with E-state index in [0.29, 0.717) is 0 Å². The Hall–Kier alpha value is -6.18. The summed E-state index contributed by atoms with van der Waals surface area (Å²) in [6.07, 6.45) is 0. The van der Waals surface area contributed by atoms with E-state index in [1.807, 2.05) is 6.07 Å². The van der Waals surface area contributed by atoms with Crippen molar-refractivity contribution in [2.45, 2.75) is 0 Å². The van der Waals surface area contributed by atoms with Crippen LogP contribution in [0, 0.1) is 0 Å². The van der Waals surface area contributed by atoms with Crippen LogP contribution in [0.25, 0.3) is 98.4 Å². The minimum atomic E-state index is 0.912. The molecular weight excluding hydrogens is 569 g/mol. The molecular formula is C46H28O. The summed E-state index contributed by atoms with van der Waals surface area (Å²) in [6, 6.07) is 61.6. The van der Waals surface area contributed by atoms with Gasteiger partial charge in [0.25, 0.3) is 0 Å². The summed E-state index contributed by atoms with van der Waals surface area (Å²) in [4.78, 5) is 0. The fraction of sp³-hybridized carbons (Fsp3) is 0. The monoisotopic (exact) mass is 596 g/mol. The van der Waals surface area contributed by atoms with Crippen LogP contribution >= 0.6 is 0 Å². The largest absolute Gasteiger partial charge is 0.455 e. The Labute approximate surface area is 271 Å². The smallest absolute Gasteiger partial charge is 0.143 e. The number of furan rings is 1. The third-order valence-corrected chi connectivity index (χ3v) is 9.84. The standard InChI is InChI=1S/C46H28O/c1-2-13-31-27-32(24-23-29(31)11-1)33-25-26-39-42(28-33)45(36-19-9-14-30-12-3-4-15-34(30)36)38-18-6-5-17-37(38)44(39)41-21-10-20-40-35-16-7-8-22-43(35)47-46(40)41/h1-28H. The average Bonchev–Trinajstić information content (AvgIpc) is 3.52. The van der Waals surface area contributed by atoms with Gasteiger partial charge in [-0.15, -0.1) is 0 Å². The summed E-state index contributed by atoms with van der Waals surface area (Å²) >= 11 is 0. The van der Waals surface area contributed by atoms with Crippen LogP contribution in [0.5, 0.6) is 0 Å². The molecule has 10 rings (SSSR count). The summed E-state index contributed by atoms with van der Waals surface area (Å²) < 4.78 is 6.64. The number of para-hydroxylation sites is 2. The van der Waals surface area contributed by atoms with Crippen LogP contribution in [-0.2, 0) is 0 Å². The second kappa shape index (κ2) is 10.2. The number of benzene rings is 9. The Morgan fingerprint density at radius 3 is 1.70 bits per heavy atom. The topological polar surface area (TPSA) is 13.1 Å². The Bertz CT molecular complexity index is 2850. The maximum Gasteiger partial charge on any atom is 0.143 e. The first-order chi connectivity index (χ1) is 23.3. The van der Waals surface area contributed by atoms with Gasteiger partial charge in [0.15, 0.2) is 0 Å². The lowest BCUT2D eigenvalue weighted by atomic mass is 9.83. The molecule has 0 unspecified atom stereocenters. The van der Waals surface area contributed by atoms with Gasteiger partial charge in [-0.2, -0.15) is 0 Å². The van der Waals surface area contributed by atoms with Crippen molar-refractivity contribution in [3.8, 4) is 33.4 Å². The van der Waals surface area contributed by atoms with Crippen LogP contribution in [0.4, 0.5) is 0 Å². The molecule has 0 aliphatic heterocycles. The highest BCUT2D eigenvalue weighted by Crippen LogP contribution is 2.48. The molecule has 218 valence electrons. The van der Waals surface area contributed by atoms with Crippen LogP contribution in [0.2, 0.25) is 0 Å². The van der Waals surface area contributed by atoms with Crippen LogP contribution in [-0.4, -0.2) is 0 Å². The lowest BCUT2D eigenvalue weighted by Gasteiger charge is -2.20. The van der Waals surface area contributed by atoms with E-state index in [1.165, 1.54) is 70.9 Å². The van der Waals surface area contributed by atoms with Gasteiger partial charge in [-0.3, -0.25) is 0 Å². The van der Waals surface area contributed by atoms with Crippen molar-refractivity contribution in [3.63, 3.8) is 0 Å². The normalized spacial score (nSPS) is 11.8. The molecule has 0 aliphatic rings. The van der Waals surface area contributed by atoms with E-state index in [-0.39, 0.29) is 0 Å². The molecule has 0 amide bonds. The highest BCUT2D eigenvalue weighted by atomic mass is 16.3. The predicted octanol–water partition coefficient (Wildman–Crippen LogP) is 13.2. The van der Waals surface area contributed by atoms with E-state index in [9.17, 15) is 0 Å². The van der Waals surface area contributed by atoms with Gasteiger partial charge in [-0.25, -0.2) is 0 Å². The minimum absolute atomic E-state index is 0.912. The zero-order valence-electron chi connectivity index (χ0n) is 25.6. The first-order valence-corrected chi connectivity index (χ1v) is 16.2. The molecule has 10 aromatic rings. The van der Waals surface area contributed by atoms with E-state index >= 15 is 0 Å². The number of rotatable bonds is 3. The third-order valence-electron chi connectivity index (χ3n) is 9.84. The summed E-state index contributed by atoms with van der Waals surface area (Å²) in [6.45, 7) is 0. The number of hydrogen-bond donors (Lipinski definition) is 0. The van der Waals surface area contributed by atoms with Crippen LogP contribution in [0.1, 0.15) is 0 Å². The second-order valence-corrected chi connectivity index (χ2v) is 12.4. The van der Waals surface area contributed by atoms with Crippen molar-refractivity contribution < 1.29 is 4.42 Å². The first kappa shape index (κ1) is 26.1. The summed E-state index contributed by atoms with van der Waals surface area (Å²) in [5.74, 6) is 0.